The Kier molecular flexibility index (Phi) is 5.41. The molecule has 3 rings (SSSR count). The summed E-state index contributed by atoms with van der Waals surface area (Å²) in [6, 6.07) is 0.410. The van der Waals surface area contributed by atoms with Crippen LogP contribution in [0, 0.1) is 13.8 Å². The van der Waals surface area contributed by atoms with E-state index in [1.165, 1.54) is 0 Å². The second-order valence-corrected chi connectivity index (χ2v) is 9.22. The molecule has 1 saturated heterocycles. The van der Waals surface area contributed by atoms with E-state index in [1.54, 1.807) is 13.8 Å². The summed E-state index contributed by atoms with van der Waals surface area (Å²) < 4.78 is 33.6. The van der Waals surface area contributed by atoms with E-state index in [1.807, 2.05) is 0 Å². The lowest BCUT2D eigenvalue weighted by Crippen LogP contribution is -2.60. The molecular weight excluding hydrogens is 356 g/mol. The molecule has 0 spiro atoms. The van der Waals surface area contributed by atoms with Gasteiger partial charge in [-0.1, -0.05) is 18.0 Å². The molecule has 26 heavy (non-hydrogen) atoms. The number of hydrogen-bond acceptors (Lipinski definition) is 6. The molecule has 2 heterocycles. The standard InChI is InChI=1S/C17H28N4O4S/c1-11-10-14(6-9-18-11)19-16(22)17(7-4-5-8-17)21-26(23,24)15-12(2)20-25-13(15)3/h11,14,18,21H,4-10H2,1-3H3,(H,19,22). The van der Waals surface area contributed by atoms with E-state index in [2.05, 4.69) is 27.4 Å². The van der Waals surface area contributed by atoms with Crippen LogP contribution >= 0.6 is 0 Å². The van der Waals surface area contributed by atoms with Gasteiger partial charge >= 0.3 is 0 Å². The number of nitrogens with zero attached hydrogens (tertiary/aromatic N) is 1. The molecule has 2 atom stereocenters. The molecule has 1 amide bonds. The fourth-order valence-electron chi connectivity index (χ4n) is 4.11. The lowest BCUT2D eigenvalue weighted by molar-refractivity contribution is -0.127. The van der Waals surface area contributed by atoms with Gasteiger partial charge in [0.05, 0.1) is 0 Å². The maximum Gasteiger partial charge on any atom is 0.246 e. The van der Waals surface area contributed by atoms with Crippen molar-refractivity contribution in [3.63, 3.8) is 0 Å². The van der Waals surface area contributed by atoms with Gasteiger partial charge in [-0.2, -0.15) is 4.72 Å². The first-order chi connectivity index (χ1) is 12.2. The van der Waals surface area contributed by atoms with Gasteiger partial charge in [-0.25, -0.2) is 8.42 Å². The normalized spacial score (nSPS) is 26.0. The van der Waals surface area contributed by atoms with Gasteiger partial charge in [0.25, 0.3) is 0 Å². The van der Waals surface area contributed by atoms with Crippen molar-refractivity contribution in [2.75, 3.05) is 6.54 Å². The monoisotopic (exact) mass is 384 g/mol. The number of aromatic nitrogens is 1. The maximum absolute atomic E-state index is 13.1. The number of aryl methyl sites for hydroxylation is 2. The highest BCUT2D eigenvalue weighted by molar-refractivity contribution is 7.89. The fourth-order valence-corrected chi connectivity index (χ4v) is 5.86. The number of sulfonamides is 1. The molecule has 1 aliphatic carbocycles. The summed E-state index contributed by atoms with van der Waals surface area (Å²) in [5.41, 5.74) is -0.793. The highest BCUT2D eigenvalue weighted by atomic mass is 32.2. The third-order valence-electron chi connectivity index (χ3n) is 5.42. The number of piperidine rings is 1. The van der Waals surface area contributed by atoms with Crippen LogP contribution in [-0.4, -0.2) is 43.6 Å². The molecule has 2 fully saturated rings. The van der Waals surface area contributed by atoms with Crippen LogP contribution in [0.3, 0.4) is 0 Å². The Hall–Kier alpha value is -1.45. The van der Waals surface area contributed by atoms with E-state index in [-0.39, 0.29) is 22.6 Å². The van der Waals surface area contributed by atoms with E-state index in [9.17, 15) is 13.2 Å². The Labute approximate surface area is 154 Å². The van der Waals surface area contributed by atoms with Gasteiger partial charge in [0.1, 0.15) is 16.1 Å². The minimum Gasteiger partial charge on any atom is -0.360 e. The highest BCUT2D eigenvalue weighted by Gasteiger charge is 2.46. The Balaban J connectivity index is 1.80. The molecule has 3 N–H and O–H groups in total. The predicted octanol–water partition coefficient (Wildman–Crippen LogP) is 1.14. The largest absolute Gasteiger partial charge is 0.360 e. The van der Waals surface area contributed by atoms with Gasteiger partial charge in [-0.15, -0.1) is 0 Å². The molecule has 1 aliphatic heterocycles. The van der Waals surface area contributed by atoms with Crippen LogP contribution in [0.15, 0.2) is 9.42 Å². The van der Waals surface area contributed by atoms with Crippen LogP contribution in [0.25, 0.3) is 0 Å². The van der Waals surface area contributed by atoms with Crippen molar-refractivity contribution in [3.05, 3.63) is 11.5 Å². The topological polar surface area (TPSA) is 113 Å². The van der Waals surface area contributed by atoms with Gasteiger partial charge in [0.2, 0.25) is 15.9 Å². The first-order valence-corrected chi connectivity index (χ1v) is 10.7. The summed E-state index contributed by atoms with van der Waals surface area (Å²) >= 11 is 0. The zero-order chi connectivity index (χ0) is 18.9. The lowest BCUT2D eigenvalue weighted by Gasteiger charge is -2.34. The molecule has 0 radical (unpaired) electrons. The molecule has 2 unspecified atom stereocenters. The fraction of sp³-hybridized carbons (Fsp3) is 0.765. The van der Waals surface area contributed by atoms with Gasteiger partial charge in [0, 0.05) is 12.1 Å². The van der Waals surface area contributed by atoms with Crippen LogP contribution in [0.5, 0.6) is 0 Å². The van der Waals surface area contributed by atoms with Crippen molar-refractivity contribution in [2.24, 2.45) is 0 Å². The van der Waals surface area contributed by atoms with Gasteiger partial charge < -0.3 is 15.2 Å². The number of rotatable bonds is 5. The zero-order valence-electron chi connectivity index (χ0n) is 15.6. The second-order valence-electron chi connectivity index (χ2n) is 7.60. The number of hydrogen-bond donors (Lipinski definition) is 3. The van der Waals surface area contributed by atoms with E-state index >= 15 is 0 Å². The molecule has 1 aromatic rings. The number of nitrogens with one attached hydrogen (secondary N) is 3. The summed E-state index contributed by atoms with van der Waals surface area (Å²) in [4.78, 5) is 13.1. The minimum atomic E-state index is -3.90. The Morgan fingerprint density at radius 3 is 2.58 bits per heavy atom. The third kappa shape index (κ3) is 3.79. The maximum atomic E-state index is 13.1. The Bertz CT molecular complexity index is 748. The van der Waals surface area contributed by atoms with Crippen LogP contribution in [0.1, 0.15) is 56.9 Å². The average Bonchev–Trinajstić information content (AvgIpc) is 3.14. The highest BCUT2D eigenvalue weighted by Crippen LogP contribution is 2.33. The quantitative estimate of drug-likeness (QED) is 0.702. The lowest BCUT2D eigenvalue weighted by atomic mass is 9.95. The summed E-state index contributed by atoms with van der Waals surface area (Å²) in [5.74, 6) is 0.0140. The summed E-state index contributed by atoms with van der Waals surface area (Å²) in [6.45, 7) is 6.09. The van der Waals surface area contributed by atoms with Crippen LogP contribution in [0.2, 0.25) is 0 Å². The first kappa shape index (κ1) is 19.3. The van der Waals surface area contributed by atoms with Crippen molar-refractivity contribution in [1.29, 1.82) is 0 Å². The van der Waals surface area contributed by atoms with Crippen LogP contribution in [0.4, 0.5) is 0 Å². The third-order valence-corrected chi connectivity index (χ3v) is 7.20. The molecular formula is C17H28N4O4S. The summed E-state index contributed by atoms with van der Waals surface area (Å²) in [6.07, 6.45) is 4.34. The number of carbonyl (C=O) groups is 1. The average molecular weight is 385 g/mol. The van der Waals surface area contributed by atoms with Crippen LogP contribution in [-0.2, 0) is 14.8 Å². The van der Waals surface area contributed by atoms with E-state index in [0.29, 0.717) is 24.6 Å². The molecule has 146 valence electrons. The van der Waals surface area contributed by atoms with Crippen molar-refractivity contribution >= 4 is 15.9 Å². The van der Waals surface area contributed by atoms with Gasteiger partial charge in [0.15, 0.2) is 5.76 Å². The molecule has 8 nitrogen and oxygen atoms in total. The minimum absolute atomic E-state index is 0.0343. The van der Waals surface area contributed by atoms with Gasteiger partial charge in [-0.05, 0) is 53.0 Å². The van der Waals surface area contributed by atoms with E-state index in [0.717, 1.165) is 32.2 Å². The molecule has 1 saturated carbocycles. The first-order valence-electron chi connectivity index (χ1n) is 9.25. The predicted molar refractivity (Wildman–Crippen MR) is 96.1 cm³/mol. The molecule has 0 aromatic carbocycles. The summed E-state index contributed by atoms with van der Waals surface area (Å²) in [5, 5.41) is 10.2. The van der Waals surface area contributed by atoms with Crippen molar-refractivity contribution in [3.8, 4) is 0 Å². The zero-order valence-corrected chi connectivity index (χ0v) is 16.4. The Morgan fingerprint density at radius 2 is 2.00 bits per heavy atom. The van der Waals surface area contributed by atoms with E-state index < -0.39 is 15.6 Å². The summed E-state index contributed by atoms with van der Waals surface area (Å²) in [7, 11) is -3.90. The second kappa shape index (κ2) is 7.28. The van der Waals surface area contributed by atoms with Crippen molar-refractivity contribution in [1.82, 2.24) is 20.5 Å². The number of amides is 1. The van der Waals surface area contributed by atoms with E-state index in [4.69, 9.17) is 4.52 Å². The Morgan fingerprint density at radius 1 is 1.31 bits per heavy atom. The smallest absolute Gasteiger partial charge is 0.246 e. The molecule has 9 heteroatoms. The van der Waals surface area contributed by atoms with Crippen LogP contribution < -0.4 is 15.4 Å². The van der Waals surface area contributed by atoms with Crippen molar-refractivity contribution in [2.45, 2.75) is 81.8 Å². The van der Waals surface area contributed by atoms with Crippen molar-refractivity contribution < 1.29 is 17.7 Å². The molecule has 2 aliphatic rings. The molecule has 0 bridgehead atoms. The van der Waals surface area contributed by atoms with Gasteiger partial charge in [-0.3, -0.25) is 4.79 Å². The SMILES string of the molecule is Cc1noc(C)c1S(=O)(=O)NC1(C(=O)NC2CCNC(C)C2)CCCC1. The number of carbonyl (C=O) groups excluding carboxylic acids is 1. The molecule has 1 aromatic heterocycles.